The molecule has 1 unspecified atom stereocenters. The van der Waals surface area contributed by atoms with Gasteiger partial charge in [0.1, 0.15) is 0 Å². The first-order valence-corrected chi connectivity index (χ1v) is 7.18. The van der Waals surface area contributed by atoms with Crippen LogP contribution in [0.2, 0.25) is 5.02 Å². The van der Waals surface area contributed by atoms with Crippen LogP contribution in [-0.4, -0.2) is 28.6 Å². The van der Waals surface area contributed by atoms with Gasteiger partial charge >= 0.3 is 5.97 Å². The second kappa shape index (κ2) is 6.40. The van der Waals surface area contributed by atoms with Crippen molar-refractivity contribution in [3.05, 3.63) is 34.9 Å². The van der Waals surface area contributed by atoms with Crippen LogP contribution in [0.3, 0.4) is 0 Å². The highest BCUT2D eigenvalue weighted by Crippen LogP contribution is 2.34. The van der Waals surface area contributed by atoms with Gasteiger partial charge in [0.2, 0.25) is 0 Å². The zero-order valence-corrected chi connectivity index (χ0v) is 11.9. The molecule has 4 heteroatoms. The van der Waals surface area contributed by atoms with Gasteiger partial charge in [-0.3, -0.25) is 9.69 Å². The summed E-state index contributed by atoms with van der Waals surface area (Å²) in [6.45, 7) is 3.03. The predicted molar refractivity (Wildman–Crippen MR) is 76.5 cm³/mol. The first-order chi connectivity index (χ1) is 9.08. The standard InChI is InChI=1S/C15H20ClNO2/c1-11(12-4-6-13(16)7-5-12)17(14-8-9-14)10-2-3-15(18)19/h4-7,11,14H,2-3,8-10H2,1H3,(H,18,19). The molecule has 3 nitrogen and oxygen atoms in total. The van der Waals surface area contributed by atoms with Gasteiger partial charge in [-0.05, 0) is 50.4 Å². The van der Waals surface area contributed by atoms with Crippen molar-refractivity contribution in [3.8, 4) is 0 Å². The summed E-state index contributed by atoms with van der Waals surface area (Å²) in [6.07, 6.45) is 3.41. The van der Waals surface area contributed by atoms with E-state index < -0.39 is 5.97 Å². The number of hydrogen-bond donors (Lipinski definition) is 1. The van der Waals surface area contributed by atoms with Gasteiger partial charge in [0.15, 0.2) is 0 Å². The Kier molecular flexibility index (Phi) is 4.83. The fourth-order valence-electron chi connectivity index (χ4n) is 2.44. The fourth-order valence-corrected chi connectivity index (χ4v) is 2.57. The lowest BCUT2D eigenvalue weighted by Crippen LogP contribution is -2.30. The number of carboxylic acids is 1. The number of halogens is 1. The molecule has 19 heavy (non-hydrogen) atoms. The van der Waals surface area contributed by atoms with Crippen LogP contribution in [0.1, 0.15) is 44.2 Å². The largest absolute Gasteiger partial charge is 0.481 e. The van der Waals surface area contributed by atoms with E-state index in [1.54, 1.807) is 0 Å². The van der Waals surface area contributed by atoms with Crippen LogP contribution in [0, 0.1) is 0 Å². The van der Waals surface area contributed by atoms with Crippen LogP contribution >= 0.6 is 11.6 Å². The van der Waals surface area contributed by atoms with Gasteiger partial charge in [-0.1, -0.05) is 23.7 Å². The summed E-state index contributed by atoms with van der Waals surface area (Å²) in [5.41, 5.74) is 1.24. The number of hydrogen-bond acceptors (Lipinski definition) is 2. The molecule has 1 N–H and O–H groups in total. The number of aliphatic carboxylic acids is 1. The first-order valence-electron chi connectivity index (χ1n) is 6.81. The molecular formula is C15H20ClNO2. The Morgan fingerprint density at radius 1 is 1.42 bits per heavy atom. The Bertz CT molecular complexity index is 428. The number of rotatable bonds is 7. The average molecular weight is 282 g/mol. The van der Waals surface area contributed by atoms with Gasteiger partial charge in [-0.2, -0.15) is 0 Å². The van der Waals surface area contributed by atoms with E-state index in [9.17, 15) is 4.79 Å². The predicted octanol–water partition coefficient (Wildman–Crippen LogP) is 3.73. The molecule has 1 fully saturated rings. The highest BCUT2D eigenvalue weighted by atomic mass is 35.5. The number of carbonyl (C=O) groups is 1. The van der Waals surface area contributed by atoms with Gasteiger partial charge in [-0.25, -0.2) is 0 Å². The van der Waals surface area contributed by atoms with Gasteiger partial charge in [0, 0.05) is 23.5 Å². The lowest BCUT2D eigenvalue weighted by Gasteiger charge is -2.29. The van der Waals surface area contributed by atoms with Gasteiger partial charge in [-0.15, -0.1) is 0 Å². The Labute approximate surface area is 119 Å². The molecule has 2 rings (SSSR count). The molecule has 0 spiro atoms. The minimum Gasteiger partial charge on any atom is -0.481 e. The summed E-state index contributed by atoms with van der Waals surface area (Å²) in [5.74, 6) is -0.713. The highest BCUT2D eigenvalue weighted by molar-refractivity contribution is 6.30. The minimum atomic E-state index is -0.713. The van der Waals surface area contributed by atoms with E-state index in [4.69, 9.17) is 16.7 Å². The van der Waals surface area contributed by atoms with Gasteiger partial charge in [0.25, 0.3) is 0 Å². The van der Waals surface area contributed by atoms with E-state index in [0.717, 1.165) is 11.6 Å². The second-order valence-corrected chi connectivity index (χ2v) is 5.63. The maximum absolute atomic E-state index is 10.6. The smallest absolute Gasteiger partial charge is 0.303 e. The lowest BCUT2D eigenvalue weighted by molar-refractivity contribution is -0.137. The molecule has 0 saturated heterocycles. The maximum Gasteiger partial charge on any atom is 0.303 e. The van der Waals surface area contributed by atoms with Crippen molar-refractivity contribution in [2.24, 2.45) is 0 Å². The lowest BCUT2D eigenvalue weighted by atomic mass is 10.1. The molecule has 0 aromatic heterocycles. The zero-order valence-electron chi connectivity index (χ0n) is 11.2. The first kappa shape index (κ1) is 14.4. The summed E-state index contributed by atoms with van der Waals surface area (Å²) in [6, 6.07) is 8.88. The Morgan fingerprint density at radius 3 is 2.58 bits per heavy atom. The molecule has 0 aliphatic heterocycles. The van der Waals surface area contributed by atoms with Crippen LogP contribution in [0.4, 0.5) is 0 Å². The summed E-state index contributed by atoms with van der Waals surface area (Å²) in [7, 11) is 0. The molecule has 104 valence electrons. The Hall–Kier alpha value is -1.06. The Morgan fingerprint density at radius 2 is 2.05 bits per heavy atom. The number of benzene rings is 1. The maximum atomic E-state index is 10.6. The second-order valence-electron chi connectivity index (χ2n) is 5.19. The Balaban J connectivity index is 1.97. The van der Waals surface area contributed by atoms with Crippen molar-refractivity contribution in [3.63, 3.8) is 0 Å². The zero-order chi connectivity index (χ0) is 13.8. The van der Waals surface area contributed by atoms with Crippen LogP contribution < -0.4 is 0 Å². The third kappa shape index (κ3) is 4.22. The summed E-state index contributed by atoms with van der Waals surface area (Å²) >= 11 is 5.91. The molecule has 1 aliphatic carbocycles. The monoisotopic (exact) mass is 281 g/mol. The van der Waals surface area contributed by atoms with Crippen molar-refractivity contribution >= 4 is 17.6 Å². The molecular weight excluding hydrogens is 262 g/mol. The fraction of sp³-hybridized carbons (Fsp3) is 0.533. The van der Waals surface area contributed by atoms with Crippen molar-refractivity contribution in [2.45, 2.75) is 44.7 Å². The summed E-state index contributed by atoms with van der Waals surface area (Å²) in [4.78, 5) is 13.0. The van der Waals surface area contributed by atoms with Crippen LogP contribution in [0.5, 0.6) is 0 Å². The van der Waals surface area contributed by atoms with E-state index in [1.807, 2.05) is 12.1 Å². The third-order valence-electron chi connectivity index (χ3n) is 3.67. The van der Waals surface area contributed by atoms with Crippen molar-refractivity contribution < 1.29 is 9.90 Å². The molecule has 0 radical (unpaired) electrons. The molecule has 1 saturated carbocycles. The van der Waals surface area contributed by atoms with Crippen molar-refractivity contribution in [1.29, 1.82) is 0 Å². The molecule has 0 heterocycles. The summed E-state index contributed by atoms with van der Waals surface area (Å²) in [5, 5.41) is 9.48. The topological polar surface area (TPSA) is 40.5 Å². The third-order valence-corrected chi connectivity index (χ3v) is 3.92. The number of nitrogens with zero attached hydrogens (tertiary/aromatic N) is 1. The normalized spacial score (nSPS) is 16.6. The average Bonchev–Trinajstić information content (AvgIpc) is 3.19. The molecule has 0 amide bonds. The molecule has 1 aliphatic rings. The van der Waals surface area contributed by atoms with Gasteiger partial charge < -0.3 is 5.11 Å². The van der Waals surface area contributed by atoms with E-state index in [0.29, 0.717) is 18.5 Å². The van der Waals surface area contributed by atoms with Crippen LogP contribution in [0.25, 0.3) is 0 Å². The minimum absolute atomic E-state index is 0.247. The molecule has 0 bridgehead atoms. The molecule has 1 aromatic rings. The number of carboxylic acid groups (broad SMARTS) is 1. The quantitative estimate of drug-likeness (QED) is 0.828. The van der Waals surface area contributed by atoms with Crippen LogP contribution in [0.15, 0.2) is 24.3 Å². The van der Waals surface area contributed by atoms with E-state index in [-0.39, 0.29) is 6.42 Å². The SMILES string of the molecule is CC(c1ccc(Cl)cc1)N(CCCC(=O)O)C1CC1. The van der Waals surface area contributed by atoms with Crippen molar-refractivity contribution in [2.75, 3.05) is 6.54 Å². The van der Waals surface area contributed by atoms with E-state index >= 15 is 0 Å². The molecule has 1 atom stereocenters. The molecule has 1 aromatic carbocycles. The van der Waals surface area contributed by atoms with Crippen molar-refractivity contribution in [1.82, 2.24) is 4.90 Å². The summed E-state index contributed by atoms with van der Waals surface area (Å²) < 4.78 is 0. The van der Waals surface area contributed by atoms with Crippen LogP contribution in [-0.2, 0) is 4.79 Å². The van der Waals surface area contributed by atoms with Gasteiger partial charge in [0.05, 0.1) is 0 Å². The van der Waals surface area contributed by atoms with E-state index in [1.165, 1.54) is 18.4 Å². The van der Waals surface area contributed by atoms with E-state index in [2.05, 4.69) is 24.0 Å². The highest BCUT2D eigenvalue weighted by Gasteiger charge is 2.32.